The summed E-state index contributed by atoms with van der Waals surface area (Å²) < 4.78 is 7.42. The van der Waals surface area contributed by atoms with E-state index in [1.165, 1.54) is 37.7 Å². The largest absolute Gasteiger partial charge is 0.369 e. The van der Waals surface area contributed by atoms with Crippen molar-refractivity contribution in [2.45, 2.75) is 63.7 Å². The molecule has 1 aromatic rings. The van der Waals surface area contributed by atoms with Gasteiger partial charge in [0.2, 0.25) is 0 Å². The highest BCUT2D eigenvalue weighted by molar-refractivity contribution is 9.10. The van der Waals surface area contributed by atoms with Crippen molar-refractivity contribution in [2.75, 3.05) is 0 Å². The first-order valence-corrected chi connectivity index (χ1v) is 8.16. The van der Waals surface area contributed by atoms with Crippen molar-refractivity contribution in [1.82, 2.24) is 0 Å². The van der Waals surface area contributed by atoms with Gasteiger partial charge in [-0.3, -0.25) is 0 Å². The molecule has 2 unspecified atom stereocenters. The number of nitrogens with two attached hydrogens (primary N) is 1. The van der Waals surface area contributed by atoms with Crippen LogP contribution in [-0.2, 0) is 4.74 Å². The molecule has 0 saturated heterocycles. The summed E-state index contributed by atoms with van der Waals surface area (Å²) in [7, 11) is 0. The van der Waals surface area contributed by atoms with Crippen molar-refractivity contribution in [3.8, 4) is 0 Å². The van der Waals surface area contributed by atoms with Gasteiger partial charge in [-0.15, -0.1) is 0 Å². The number of benzene rings is 1. The van der Waals surface area contributed by atoms with Gasteiger partial charge in [-0.05, 0) is 37.0 Å². The Morgan fingerprint density at radius 3 is 2.42 bits per heavy atom. The molecule has 19 heavy (non-hydrogen) atoms. The van der Waals surface area contributed by atoms with Gasteiger partial charge in [0, 0.05) is 10.5 Å². The fourth-order valence-electron chi connectivity index (χ4n) is 2.70. The van der Waals surface area contributed by atoms with Crippen LogP contribution >= 0.6 is 15.9 Å². The maximum atomic E-state index is 6.33. The molecule has 106 valence electrons. The van der Waals surface area contributed by atoms with Crippen LogP contribution in [0.1, 0.15) is 57.1 Å². The third kappa shape index (κ3) is 4.30. The molecular formula is C16H24BrNO. The molecule has 2 rings (SSSR count). The molecule has 0 aliphatic heterocycles. The lowest BCUT2D eigenvalue weighted by Gasteiger charge is -2.31. The van der Waals surface area contributed by atoms with Crippen LogP contribution in [0.25, 0.3) is 0 Å². The summed E-state index contributed by atoms with van der Waals surface area (Å²) >= 11 is 3.48. The zero-order chi connectivity index (χ0) is 13.7. The van der Waals surface area contributed by atoms with E-state index in [1.54, 1.807) is 0 Å². The molecule has 1 fully saturated rings. The van der Waals surface area contributed by atoms with Crippen LogP contribution in [0, 0.1) is 0 Å². The molecule has 2 N–H and O–H groups in total. The first-order chi connectivity index (χ1) is 9.20. The maximum absolute atomic E-state index is 6.33. The molecule has 0 amide bonds. The first kappa shape index (κ1) is 15.0. The summed E-state index contributed by atoms with van der Waals surface area (Å²) in [5, 5.41) is 0. The Morgan fingerprint density at radius 1 is 1.21 bits per heavy atom. The quantitative estimate of drug-likeness (QED) is 0.860. The molecule has 1 aliphatic rings. The minimum Gasteiger partial charge on any atom is -0.369 e. The van der Waals surface area contributed by atoms with E-state index >= 15 is 0 Å². The molecule has 0 heterocycles. The molecule has 2 atom stereocenters. The minimum absolute atomic E-state index is 0.0289. The Bertz CT molecular complexity index is 373. The van der Waals surface area contributed by atoms with Crippen molar-refractivity contribution < 1.29 is 4.74 Å². The van der Waals surface area contributed by atoms with E-state index in [0.29, 0.717) is 6.10 Å². The number of hydrogen-bond donors (Lipinski definition) is 1. The van der Waals surface area contributed by atoms with Crippen molar-refractivity contribution in [3.05, 3.63) is 34.3 Å². The second-order valence-corrected chi connectivity index (χ2v) is 6.36. The van der Waals surface area contributed by atoms with Crippen LogP contribution in [-0.4, -0.2) is 12.1 Å². The molecule has 1 aliphatic carbocycles. The Hall–Kier alpha value is -0.380. The van der Waals surface area contributed by atoms with E-state index in [9.17, 15) is 0 Å². The average molecular weight is 326 g/mol. The summed E-state index contributed by atoms with van der Waals surface area (Å²) in [6.07, 6.45) is 7.66. The highest BCUT2D eigenvalue weighted by Crippen LogP contribution is 2.30. The summed E-state index contributed by atoms with van der Waals surface area (Å²) in [4.78, 5) is 0. The SMILES string of the molecule is CCC(N)C(OC1CCCCC1)c1ccc(Br)cc1. The predicted octanol–water partition coefficient (Wildman–Crippen LogP) is 4.58. The smallest absolute Gasteiger partial charge is 0.0979 e. The van der Waals surface area contributed by atoms with Gasteiger partial charge in [0.15, 0.2) is 0 Å². The van der Waals surface area contributed by atoms with E-state index in [4.69, 9.17) is 10.5 Å². The summed E-state index contributed by atoms with van der Waals surface area (Å²) in [6, 6.07) is 8.44. The van der Waals surface area contributed by atoms with Crippen molar-refractivity contribution >= 4 is 15.9 Å². The molecule has 1 aromatic carbocycles. The van der Waals surface area contributed by atoms with Gasteiger partial charge in [0.1, 0.15) is 0 Å². The molecule has 0 spiro atoms. The highest BCUT2D eigenvalue weighted by Gasteiger charge is 2.24. The first-order valence-electron chi connectivity index (χ1n) is 7.37. The third-order valence-corrected chi connectivity index (χ3v) is 4.48. The zero-order valence-corrected chi connectivity index (χ0v) is 13.2. The second kappa shape index (κ2) is 7.41. The Kier molecular flexibility index (Phi) is 5.86. The zero-order valence-electron chi connectivity index (χ0n) is 11.6. The Morgan fingerprint density at radius 2 is 1.84 bits per heavy atom. The second-order valence-electron chi connectivity index (χ2n) is 5.44. The Balaban J connectivity index is 2.08. The summed E-state index contributed by atoms with van der Waals surface area (Å²) in [6.45, 7) is 2.13. The molecule has 0 aromatic heterocycles. The standard InChI is InChI=1S/C16H24BrNO/c1-2-15(18)16(12-8-10-13(17)11-9-12)19-14-6-4-3-5-7-14/h8-11,14-16H,2-7,18H2,1H3. The fourth-order valence-corrected chi connectivity index (χ4v) is 2.97. The van der Waals surface area contributed by atoms with Crippen LogP contribution in [0.15, 0.2) is 28.7 Å². The van der Waals surface area contributed by atoms with Gasteiger partial charge in [-0.2, -0.15) is 0 Å². The van der Waals surface area contributed by atoms with Gasteiger partial charge in [-0.25, -0.2) is 0 Å². The molecule has 3 heteroatoms. The van der Waals surface area contributed by atoms with Crippen LogP contribution in [0.4, 0.5) is 0 Å². The fraction of sp³-hybridized carbons (Fsp3) is 0.625. The van der Waals surface area contributed by atoms with Crippen molar-refractivity contribution in [2.24, 2.45) is 5.73 Å². The number of rotatable bonds is 5. The topological polar surface area (TPSA) is 35.2 Å². The normalized spacial score (nSPS) is 20.2. The lowest BCUT2D eigenvalue weighted by atomic mass is 9.96. The van der Waals surface area contributed by atoms with E-state index in [-0.39, 0.29) is 12.1 Å². The molecule has 0 bridgehead atoms. The van der Waals surface area contributed by atoms with Crippen LogP contribution in [0.5, 0.6) is 0 Å². The molecule has 1 saturated carbocycles. The van der Waals surface area contributed by atoms with Gasteiger partial charge < -0.3 is 10.5 Å². The van der Waals surface area contributed by atoms with Gasteiger partial charge in [0.25, 0.3) is 0 Å². The molecule has 0 radical (unpaired) electrons. The number of hydrogen-bond acceptors (Lipinski definition) is 2. The average Bonchev–Trinajstić information content (AvgIpc) is 2.46. The predicted molar refractivity (Wildman–Crippen MR) is 83.1 cm³/mol. The van der Waals surface area contributed by atoms with E-state index in [1.807, 2.05) is 0 Å². The molecular weight excluding hydrogens is 302 g/mol. The number of ether oxygens (including phenoxy) is 1. The van der Waals surface area contributed by atoms with Crippen LogP contribution < -0.4 is 5.73 Å². The van der Waals surface area contributed by atoms with E-state index in [2.05, 4.69) is 47.1 Å². The van der Waals surface area contributed by atoms with Gasteiger partial charge in [0.05, 0.1) is 12.2 Å². The van der Waals surface area contributed by atoms with Crippen molar-refractivity contribution in [1.29, 1.82) is 0 Å². The van der Waals surface area contributed by atoms with Gasteiger partial charge >= 0.3 is 0 Å². The maximum Gasteiger partial charge on any atom is 0.0979 e. The monoisotopic (exact) mass is 325 g/mol. The Labute approximate surface area is 124 Å². The van der Waals surface area contributed by atoms with Gasteiger partial charge in [-0.1, -0.05) is 54.2 Å². The molecule has 2 nitrogen and oxygen atoms in total. The highest BCUT2D eigenvalue weighted by atomic mass is 79.9. The van der Waals surface area contributed by atoms with Crippen molar-refractivity contribution in [3.63, 3.8) is 0 Å². The van der Waals surface area contributed by atoms with E-state index in [0.717, 1.165) is 10.9 Å². The lowest BCUT2D eigenvalue weighted by molar-refractivity contribution is -0.0437. The lowest BCUT2D eigenvalue weighted by Crippen LogP contribution is -2.33. The van der Waals surface area contributed by atoms with Crippen LogP contribution in [0.2, 0.25) is 0 Å². The van der Waals surface area contributed by atoms with E-state index < -0.39 is 0 Å². The summed E-state index contributed by atoms with van der Waals surface area (Å²) in [5.74, 6) is 0. The minimum atomic E-state index is 0.0289. The van der Waals surface area contributed by atoms with Crippen LogP contribution in [0.3, 0.4) is 0 Å². The third-order valence-electron chi connectivity index (χ3n) is 3.95. The number of halogens is 1. The summed E-state index contributed by atoms with van der Waals surface area (Å²) in [5.41, 5.74) is 7.47.